The van der Waals surface area contributed by atoms with Gasteiger partial charge in [-0.05, 0) is 30.3 Å². The molecule has 0 bridgehead atoms. The zero-order valence-electron chi connectivity index (χ0n) is 14.7. The molecule has 0 aromatic heterocycles. The van der Waals surface area contributed by atoms with Crippen LogP contribution >= 0.6 is 11.8 Å². The Balaban J connectivity index is 1.35. The molecule has 0 unspecified atom stereocenters. The van der Waals surface area contributed by atoms with Crippen molar-refractivity contribution in [2.75, 3.05) is 29.8 Å². The van der Waals surface area contributed by atoms with Crippen LogP contribution in [-0.4, -0.2) is 36.9 Å². The lowest BCUT2D eigenvalue weighted by Gasteiger charge is -2.10. The van der Waals surface area contributed by atoms with E-state index in [0.29, 0.717) is 35.0 Å². The van der Waals surface area contributed by atoms with Crippen molar-refractivity contribution in [1.82, 2.24) is 0 Å². The molecule has 2 aliphatic heterocycles. The number of carbonyl (C=O) groups is 3. The predicted molar refractivity (Wildman–Crippen MR) is 102 cm³/mol. The van der Waals surface area contributed by atoms with Crippen LogP contribution in [0.15, 0.2) is 41.3 Å². The molecule has 0 aliphatic carbocycles. The van der Waals surface area contributed by atoms with Crippen molar-refractivity contribution in [3.05, 3.63) is 42.0 Å². The van der Waals surface area contributed by atoms with Gasteiger partial charge in [0.2, 0.25) is 12.7 Å². The number of carbonyl (C=O) groups excluding carboxylic acids is 3. The van der Waals surface area contributed by atoms with Gasteiger partial charge < -0.3 is 24.8 Å². The molecule has 2 amide bonds. The molecule has 4 rings (SSSR count). The number of thioether (sulfide) groups is 1. The van der Waals surface area contributed by atoms with Gasteiger partial charge in [-0.1, -0.05) is 0 Å². The SMILES string of the molecule is O=C(COC(=O)c1ccc2c(c1)NC(=O)CCS2)Nc1ccc2c(c1)OCO2. The molecule has 8 nitrogen and oxygen atoms in total. The van der Waals surface area contributed by atoms with E-state index < -0.39 is 18.5 Å². The van der Waals surface area contributed by atoms with Gasteiger partial charge in [-0.15, -0.1) is 11.8 Å². The summed E-state index contributed by atoms with van der Waals surface area (Å²) in [5, 5.41) is 5.40. The first-order chi connectivity index (χ1) is 13.6. The normalized spacial score (nSPS) is 14.5. The summed E-state index contributed by atoms with van der Waals surface area (Å²) >= 11 is 1.54. The first-order valence-electron chi connectivity index (χ1n) is 8.52. The molecule has 2 aromatic rings. The highest BCUT2D eigenvalue weighted by atomic mass is 32.2. The molecule has 0 spiro atoms. The maximum absolute atomic E-state index is 12.2. The molecule has 144 valence electrons. The maximum atomic E-state index is 12.2. The van der Waals surface area contributed by atoms with Gasteiger partial charge in [0.15, 0.2) is 18.1 Å². The van der Waals surface area contributed by atoms with Crippen LogP contribution in [0.2, 0.25) is 0 Å². The Hall–Kier alpha value is -3.20. The number of rotatable bonds is 4. The van der Waals surface area contributed by atoms with Crippen molar-refractivity contribution >= 4 is 40.9 Å². The van der Waals surface area contributed by atoms with E-state index >= 15 is 0 Å². The average molecular weight is 400 g/mol. The lowest BCUT2D eigenvalue weighted by molar-refractivity contribution is -0.119. The maximum Gasteiger partial charge on any atom is 0.338 e. The Morgan fingerprint density at radius 1 is 1.14 bits per heavy atom. The van der Waals surface area contributed by atoms with Crippen molar-refractivity contribution in [2.45, 2.75) is 11.3 Å². The molecule has 0 atom stereocenters. The number of hydrogen-bond acceptors (Lipinski definition) is 7. The molecule has 0 saturated heterocycles. The van der Waals surface area contributed by atoms with Gasteiger partial charge in [0.1, 0.15) is 0 Å². The fourth-order valence-electron chi connectivity index (χ4n) is 2.73. The summed E-state index contributed by atoms with van der Waals surface area (Å²) in [5.41, 5.74) is 1.35. The van der Waals surface area contributed by atoms with E-state index in [2.05, 4.69) is 10.6 Å². The lowest BCUT2D eigenvalue weighted by Crippen LogP contribution is -2.21. The van der Waals surface area contributed by atoms with E-state index in [9.17, 15) is 14.4 Å². The number of hydrogen-bond donors (Lipinski definition) is 2. The lowest BCUT2D eigenvalue weighted by atomic mass is 10.2. The van der Waals surface area contributed by atoms with Crippen molar-refractivity contribution in [2.24, 2.45) is 0 Å². The predicted octanol–water partition coefficient (Wildman–Crippen LogP) is 2.65. The van der Waals surface area contributed by atoms with Gasteiger partial charge in [0.25, 0.3) is 5.91 Å². The Morgan fingerprint density at radius 2 is 2.00 bits per heavy atom. The minimum atomic E-state index is -0.646. The van der Waals surface area contributed by atoms with Crippen LogP contribution in [0.4, 0.5) is 11.4 Å². The van der Waals surface area contributed by atoms with E-state index in [1.807, 2.05) is 0 Å². The van der Waals surface area contributed by atoms with Crippen molar-refractivity contribution in [1.29, 1.82) is 0 Å². The summed E-state index contributed by atoms with van der Waals surface area (Å²) in [6.07, 6.45) is 0.416. The van der Waals surface area contributed by atoms with Crippen LogP contribution in [0.3, 0.4) is 0 Å². The summed E-state index contributed by atoms with van der Waals surface area (Å²) in [4.78, 5) is 36.9. The van der Waals surface area contributed by atoms with Gasteiger partial charge in [-0.2, -0.15) is 0 Å². The minimum absolute atomic E-state index is 0.0973. The van der Waals surface area contributed by atoms with E-state index in [-0.39, 0.29) is 18.3 Å². The number of amides is 2. The number of fused-ring (bicyclic) bond motifs is 2. The van der Waals surface area contributed by atoms with E-state index in [1.165, 1.54) is 0 Å². The summed E-state index contributed by atoms with van der Waals surface area (Å²) in [6.45, 7) is -0.296. The van der Waals surface area contributed by atoms with Crippen LogP contribution in [0, 0.1) is 0 Å². The molecule has 2 N–H and O–H groups in total. The Morgan fingerprint density at radius 3 is 2.89 bits per heavy atom. The number of esters is 1. The highest BCUT2D eigenvalue weighted by molar-refractivity contribution is 7.99. The average Bonchev–Trinajstić information content (AvgIpc) is 3.06. The van der Waals surface area contributed by atoms with Crippen LogP contribution in [-0.2, 0) is 14.3 Å². The highest BCUT2D eigenvalue weighted by Gasteiger charge is 2.18. The Labute approximate surface area is 164 Å². The molecular weight excluding hydrogens is 384 g/mol. The fourth-order valence-corrected chi connectivity index (χ4v) is 3.67. The summed E-state index contributed by atoms with van der Waals surface area (Å²) in [5.74, 6) is 0.610. The zero-order chi connectivity index (χ0) is 19.5. The topological polar surface area (TPSA) is 103 Å². The van der Waals surface area contributed by atoms with Crippen molar-refractivity contribution in [3.8, 4) is 11.5 Å². The van der Waals surface area contributed by atoms with E-state index in [0.717, 1.165) is 4.90 Å². The third-order valence-electron chi connectivity index (χ3n) is 4.07. The number of benzene rings is 2. The molecule has 0 radical (unpaired) electrons. The van der Waals surface area contributed by atoms with E-state index in [4.69, 9.17) is 14.2 Å². The second-order valence-corrected chi connectivity index (χ2v) is 7.19. The quantitative estimate of drug-likeness (QED) is 0.761. The molecule has 0 saturated carbocycles. The molecule has 28 heavy (non-hydrogen) atoms. The summed E-state index contributed by atoms with van der Waals surface area (Å²) < 4.78 is 15.5. The smallest absolute Gasteiger partial charge is 0.338 e. The first-order valence-corrected chi connectivity index (χ1v) is 9.50. The molecular formula is C19H16N2O6S. The largest absolute Gasteiger partial charge is 0.454 e. The molecule has 0 fully saturated rings. The molecule has 9 heteroatoms. The van der Waals surface area contributed by atoms with Gasteiger partial charge in [0.05, 0.1) is 11.3 Å². The monoisotopic (exact) mass is 400 g/mol. The number of ether oxygens (including phenoxy) is 3. The van der Waals surface area contributed by atoms with Crippen molar-refractivity contribution in [3.63, 3.8) is 0 Å². The standard InChI is InChI=1S/C19H16N2O6S/c22-17-5-6-28-16-4-1-11(7-13(16)21-17)19(24)25-9-18(23)20-12-2-3-14-15(8-12)27-10-26-14/h1-4,7-8H,5-6,9-10H2,(H,20,23)(H,21,22). The third kappa shape index (κ3) is 4.04. The third-order valence-corrected chi connectivity index (χ3v) is 5.14. The first kappa shape index (κ1) is 18.2. The minimum Gasteiger partial charge on any atom is -0.454 e. The van der Waals surface area contributed by atoms with Crippen LogP contribution in [0.25, 0.3) is 0 Å². The van der Waals surface area contributed by atoms with Crippen LogP contribution in [0.1, 0.15) is 16.8 Å². The molecule has 2 aromatic carbocycles. The Kier molecular flexibility index (Phi) is 5.07. The van der Waals surface area contributed by atoms with Crippen LogP contribution < -0.4 is 20.1 Å². The van der Waals surface area contributed by atoms with Gasteiger partial charge in [-0.25, -0.2) is 4.79 Å². The van der Waals surface area contributed by atoms with Gasteiger partial charge in [0, 0.05) is 28.8 Å². The van der Waals surface area contributed by atoms with Crippen molar-refractivity contribution < 1.29 is 28.6 Å². The summed E-state index contributed by atoms with van der Waals surface area (Å²) in [6, 6.07) is 9.92. The van der Waals surface area contributed by atoms with E-state index in [1.54, 1.807) is 48.2 Å². The van der Waals surface area contributed by atoms with Gasteiger partial charge in [-0.3, -0.25) is 9.59 Å². The summed E-state index contributed by atoms with van der Waals surface area (Å²) in [7, 11) is 0. The molecule has 2 heterocycles. The second kappa shape index (κ2) is 7.81. The molecule has 2 aliphatic rings. The second-order valence-electron chi connectivity index (χ2n) is 6.05. The zero-order valence-corrected chi connectivity index (χ0v) is 15.5. The Bertz CT molecular complexity index is 961. The fraction of sp³-hybridized carbons (Fsp3) is 0.211. The van der Waals surface area contributed by atoms with Gasteiger partial charge >= 0.3 is 5.97 Å². The number of nitrogens with one attached hydrogen (secondary N) is 2. The highest BCUT2D eigenvalue weighted by Crippen LogP contribution is 2.34. The number of anilines is 2. The van der Waals surface area contributed by atoms with Crippen LogP contribution in [0.5, 0.6) is 11.5 Å².